The predicted octanol–water partition coefficient (Wildman–Crippen LogP) is 3.78. The maximum absolute atomic E-state index is 13.3. The number of para-hydroxylation sites is 2. The number of likely N-dealkylation sites (tertiary alicyclic amines) is 1. The molecule has 0 radical (unpaired) electrons. The number of carbonyl (C=O) groups is 1. The van der Waals surface area contributed by atoms with Gasteiger partial charge in [0.2, 0.25) is 5.95 Å². The summed E-state index contributed by atoms with van der Waals surface area (Å²) in [4.78, 5) is 26.4. The largest absolute Gasteiger partial charge is 0.341 e. The number of piperidine rings is 1. The molecule has 1 aliphatic heterocycles. The lowest BCUT2D eigenvalue weighted by Gasteiger charge is -2.36. The van der Waals surface area contributed by atoms with Gasteiger partial charge in [0.25, 0.3) is 0 Å². The highest BCUT2D eigenvalue weighted by atomic mass is 35.5. The Balaban J connectivity index is 0.00000240. The molecule has 9 heteroatoms. The van der Waals surface area contributed by atoms with Gasteiger partial charge in [-0.25, -0.2) is 14.8 Å². The van der Waals surface area contributed by atoms with Gasteiger partial charge in [0, 0.05) is 18.2 Å². The van der Waals surface area contributed by atoms with Crippen LogP contribution in [0.1, 0.15) is 30.3 Å². The zero-order chi connectivity index (χ0) is 19.7. The molecule has 0 spiro atoms. The number of carbonyl (C=O) groups excluding carboxylic acids is 1. The van der Waals surface area contributed by atoms with Crippen molar-refractivity contribution in [2.75, 3.05) is 18.9 Å². The minimum Gasteiger partial charge on any atom is -0.341 e. The van der Waals surface area contributed by atoms with Crippen molar-refractivity contribution in [1.82, 2.24) is 25.2 Å². The fourth-order valence-electron chi connectivity index (χ4n) is 3.64. The van der Waals surface area contributed by atoms with Crippen LogP contribution in [0.15, 0.2) is 36.5 Å². The molecule has 2 aromatic heterocycles. The third kappa shape index (κ3) is 4.65. The number of aryl methyl sites for hydroxylation is 1. The van der Waals surface area contributed by atoms with Crippen LogP contribution in [0.4, 0.5) is 14.9 Å². The Bertz CT molecular complexity index is 977. The van der Waals surface area contributed by atoms with Crippen LogP contribution in [-0.4, -0.2) is 45.5 Å². The van der Waals surface area contributed by atoms with Crippen LogP contribution in [0.25, 0.3) is 11.0 Å². The minimum atomic E-state index is -0.532. The van der Waals surface area contributed by atoms with Crippen LogP contribution in [-0.2, 0) is 0 Å². The van der Waals surface area contributed by atoms with Crippen molar-refractivity contribution >= 4 is 35.2 Å². The first-order valence-corrected chi connectivity index (χ1v) is 9.34. The summed E-state index contributed by atoms with van der Waals surface area (Å²) < 4.78 is 13.3. The summed E-state index contributed by atoms with van der Waals surface area (Å²) in [6.07, 6.45) is 2.92. The van der Waals surface area contributed by atoms with E-state index >= 15 is 0 Å². The van der Waals surface area contributed by atoms with Crippen LogP contribution < -0.4 is 10.6 Å². The van der Waals surface area contributed by atoms with Gasteiger partial charge in [-0.1, -0.05) is 12.1 Å². The van der Waals surface area contributed by atoms with E-state index in [1.807, 2.05) is 24.3 Å². The molecule has 0 saturated carbocycles. The fourth-order valence-corrected chi connectivity index (χ4v) is 3.64. The van der Waals surface area contributed by atoms with Crippen LogP contribution >= 0.6 is 12.4 Å². The predicted molar refractivity (Wildman–Crippen MR) is 113 cm³/mol. The molecule has 1 aromatic carbocycles. The summed E-state index contributed by atoms with van der Waals surface area (Å²) in [7, 11) is 2.07. The van der Waals surface area contributed by atoms with E-state index in [9.17, 15) is 9.18 Å². The van der Waals surface area contributed by atoms with Gasteiger partial charge in [-0.3, -0.25) is 4.90 Å². The molecule has 1 saturated heterocycles. The maximum atomic E-state index is 13.3. The second-order valence-electron chi connectivity index (χ2n) is 7.29. The molecule has 3 aromatic rings. The average molecular weight is 419 g/mol. The lowest BCUT2D eigenvalue weighted by molar-refractivity contribution is 0.153. The van der Waals surface area contributed by atoms with E-state index in [1.165, 1.54) is 6.20 Å². The number of anilines is 1. The molecular formula is C20H24ClFN6O. The number of imidazole rings is 1. The molecule has 7 nitrogen and oxygen atoms in total. The Kier molecular flexibility index (Phi) is 6.34. The van der Waals surface area contributed by atoms with E-state index in [1.54, 1.807) is 13.0 Å². The summed E-state index contributed by atoms with van der Waals surface area (Å²) >= 11 is 0. The van der Waals surface area contributed by atoms with Crippen LogP contribution in [0, 0.1) is 12.9 Å². The number of hydrogen-bond acceptors (Lipinski definition) is 4. The Morgan fingerprint density at radius 1 is 1.34 bits per heavy atom. The van der Waals surface area contributed by atoms with Crippen molar-refractivity contribution < 1.29 is 9.18 Å². The summed E-state index contributed by atoms with van der Waals surface area (Å²) in [6, 6.07) is 9.31. The first-order chi connectivity index (χ1) is 13.5. The van der Waals surface area contributed by atoms with Crippen molar-refractivity contribution in [2.24, 2.45) is 0 Å². The topological polar surface area (TPSA) is 85.9 Å². The Hall–Kier alpha value is -2.71. The van der Waals surface area contributed by atoms with Gasteiger partial charge in [-0.05, 0) is 45.0 Å². The molecule has 4 rings (SSSR count). The van der Waals surface area contributed by atoms with Crippen LogP contribution in [0.3, 0.4) is 0 Å². The average Bonchev–Trinajstić information content (AvgIpc) is 3.10. The zero-order valence-corrected chi connectivity index (χ0v) is 17.1. The van der Waals surface area contributed by atoms with E-state index in [0.29, 0.717) is 11.3 Å². The number of nitrogens with zero attached hydrogens (tertiary/aromatic N) is 3. The zero-order valence-electron chi connectivity index (χ0n) is 16.3. The SMILES string of the molecule is Cc1cc(NC(=O)N[C@@H]2CCN(C)[C@@H](c3nc4ccccc4[nH]3)C2)cnc1F.Cl. The van der Waals surface area contributed by atoms with Crippen molar-refractivity contribution in [3.05, 3.63) is 53.9 Å². The molecule has 3 heterocycles. The number of amides is 2. The second-order valence-corrected chi connectivity index (χ2v) is 7.29. The number of rotatable bonds is 3. The molecule has 1 fully saturated rings. The lowest BCUT2D eigenvalue weighted by Crippen LogP contribution is -2.46. The first kappa shape index (κ1) is 21.0. The number of H-pyrrole nitrogens is 1. The molecule has 3 N–H and O–H groups in total. The number of aromatic nitrogens is 3. The Labute approximate surface area is 174 Å². The molecule has 154 valence electrons. The number of hydrogen-bond donors (Lipinski definition) is 3. The Morgan fingerprint density at radius 2 is 2.14 bits per heavy atom. The van der Waals surface area contributed by atoms with Gasteiger partial charge in [-0.15, -0.1) is 12.4 Å². The monoisotopic (exact) mass is 418 g/mol. The number of nitrogens with one attached hydrogen (secondary N) is 3. The highest BCUT2D eigenvalue weighted by Gasteiger charge is 2.30. The number of urea groups is 1. The summed E-state index contributed by atoms with van der Waals surface area (Å²) in [5, 5.41) is 5.74. The third-order valence-corrected chi connectivity index (χ3v) is 5.20. The summed E-state index contributed by atoms with van der Waals surface area (Å²) in [6.45, 7) is 2.46. The van der Waals surface area contributed by atoms with Gasteiger partial charge in [0.15, 0.2) is 0 Å². The first-order valence-electron chi connectivity index (χ1n) is 9.34. The third-order valence-electron chi connectivity index (χ3n) is 5.20. The van der Waals surface area contributed by atoms with Gasteiger partial charge >= 0.3 is 6.03 Å². The van der Waals surface area contributed by atoms with E-state index in [-0.39, 0.29) is 30.5 Å². The number of pyridine rings is 1. The number of halogens is 2. The second kappa shape index (κ2) is 8.75. The summed E-state index contributed by atoms with van der Waals surface area (Å²) in [5.41, 5.74) is 2.82. The van der Waals surface area contributed by atoms with E-state index in [2.05, 4.69) is 32.5 Å². The number of fused-ring (bicyclic) bond motifs is 1. The van der Waals surface area contributed by atoms with E-state index in [4.69, 9.17) is 4.98 Å². The molecule has 0 unspecified atom stereocenters. The van der Waals surface area contributed by atoms with Crippen molar-refractivity contribution in [2.45, 2.75) is 31.8 Å². The quantitative estimate of drug-likeness (QED) is 0.565. The van der Waals surface area contributed by atoms with Gasteiger partial charge < -0.3 is 15.6 Å². The maximum Gasteiger partial charge on any atom is 0.319 e. The highest BCUT2D eigenvalue weighted by Crippen LogP contribution is 2.29. The number of benzene rings is 1. The van der Waals surface area contributed by atoms with Gasteiger partial charge in [-0.2, -0.15) is 4.39 Å². The fraction of sp³-hybridized carbons (Fsp3) is 0.350. The van der Waals surface area contributed by atoms with E-state index < -0.39 is 5.95 Å². The molecule has 2 amide bonds. The van der Waals surface area contributed by atoms with Gasteiger partial charge in [0.1, 0.15) is 5.82 Å². The molecule has 0 aliphatic carbocycles. The van der Waals surface area contributed by atoms with Gasteiger partial charge in [0.05, 0.1) is 29.0 Å². The van der Waals surface area contributed by atoms with Crippen LogP contribution in [0.2, 0.25) is 0 Å². The van der Waals surface area contributed by atoms with Crippen LogP contribution in [0.5, 0.6) is 0 Å². The molecule has 0 bridgehead atoms. The lowest BCUT2D eigenvalue weighted by atomic mass is 9.97. The van der Waals surface area contributed by atoms with Crippen molar-refractivity contribution in [3.8, 4) is 0 Å². The minimum absolute atomic E-state index is 0. The molecule has 1 aliphatic rings. The molecular weight excluding hydrogens is 395 g/mol. The number of aromatic amines is 1. The highest BCUT2D eigenvalue weighted by molar-refractivity contribution is 5.89. The van der Waals surface area contributed by atoms with E-state index in [0.717, 1.165) is 36.2 Å². The molecule has 2 atom stereocenters. The Morgan fingerprint density at radius 3 is 2.90 bits per heavy atom. The smallest absolute Gasteiger partial charge is 0.319 e. The normalized spacial score (nSPS) is 19.6. The van der Waals surface area contributed by atoms with Crippen molar-refractivity contribution in [1.29, 1.82) is 0 Å². The standard InChI is InChI=1S/C20H23FN6O.ClH/c1-12-9-14(11-22-18(12)21)24-20(28)23-13-7-8-27(2)17(10-13)19-25-15-5-3-4-6-16(15)26-19;/h3-6,9,11,13,17H,7-8,10H2,1-2H3,(H,25,26)(H2,23,24,28);1H/t13-,17-;/m1./s1. The van der Waals surface area contributed by atoms with Crippen molar-refractivity contribution in [3.63, 3.8) is 0 Å². The molecule has 29 heavy (non-hydrogen) atoms. The summed E-state index contributed by atoms with van der Waals surface area (Å²) in [5.74, 6) is 0.379.